The molecule has 14 heteroatoms. The number of anilines is 1. The van der Waals surface area contributed by atoms with Crippen LogP contribution >= 0.6 is 11.3 Å². The number of rotatable bonds is 9. The molecule has 0 unspecified atom stereocenters. The largest absolute Gasteiger partial charge is 0.475 e. The molecule has 0 atom stereocenters. The van der Waals surface area contributed by atoms with E-state index in [1.54, 1.807) is 0 Å². The highest BCUT2D eigenvalue weighted by atomic mass is 32.1. The average Bonchev–Trinajstić information content (AvgIpc) is 3.42. The maximum Gasteiger partial charge on any atom is 0.350 e. The smallest absolute Gasteiger partial charge is 0.350 e. The first-order chi connectivity index (χ1) is 15.7. The second-order valence-corrected chi connectivity index (χ2v) is 8.40. The first kappa shape index (κ1) is 22.5. The van der Waals surface area contributed by atoms with Crippen molar-refractivity contribution in [3.05, 3.63) is 38.5 Å². The highest BCUT2D eigenvalue weighted by Crippen LogP contribution is 2.48. The molecule has 2 amide bonds. The molecule has 11 nitrogen and oxygen atoms in total. The number of amides is 2. The molecule has 3 aromatic heterocycles. The second-order valence-electron chi connectivity index (χ2n) is 7.40. The van der Waals surface area contributed by atoms with E-state index in [0.717, 1.165) is 30.4 Å². The number of halogens is 2. The number of aryl methyl sites for hydroxylation is 1. The van der Waals surface area contributed by atoms with Gasteiger partial charge in [-0.1, -0.05) is 0 Å². The minimum atomic E-state index is -2.78. The van der Waals surface area contributed by atoms with E-state index in [2.05, 4.69) is 15.4 Å². The number of nitrogens with one attached hydrogen (secondary N) is 1. The summed E-state index contributed by atoms with van der Waals surface area (Å²) in [6.45, 7) is -0.00668. The quantitative estimate of drug-likeness (QED) is 0.351. The average molecular weight is 480 g/mol. The van der Waals surface area contributed by atoms with E-state index in [1.165, 1.54) is 17.9 Å². The van der Waals surface area contributed by atoms with Gasteiger partial charge >= 0.3 is 11.6 Å². The number of hydrogen-bond acceptors (Lipinski definition) is 8. The summed E-state index contributed by atoms with van der Waals surface area (Å²) < 4.78 is 32.7. The number of carbonyl (C=O) groups is 2. The molecule has 174 valence electrons. The molecule has 0 aromatic carbocycles. The molecule has 1 fully saturated rings. The number of hydrogen-bond donors (Lipinski definition) is 2. The number of thiophene rings is 1. The van der Waals surface area contributed by atoms with Gasteiger partial charge in [-0.3, -0.25) is 24.4 Å². The monoisotopic (exact) mass is 480 g/mol. The molecule has 1 saturated carbocycles. The highest BCUT2D eigenvalue weighted by molar-refractivity contribution is 7.21. The third kappa shape index (κ3) is 4.46. The fraction of sp³-hybridized carbons (Fsp3) is 0.368. The minimum absolute atomic E-state index is 0.00668. The lowest BCUT2D eigenvalue weighted by molar-refractivity contribution is -0.385. The summed E-state index contributed by atoms with van der Waals surface area (Å²) in [6.07, 6.45) is -0.173. The van der Waals surface area contributed by atoms with Gasteiger partial charge in [-0.05, 0) is 30.4 Å². The predicted molar refractivity (Wildman–Crippen MR) is 114 cm³/mol. The maximum atomic E-state index is 13.3. The Hall–Kier alpha value is -3.68. The Morgan fingerprint density at radius 3 is 2.73 bits per heavy atom. The van der Waals surface area contributed by atoms with Crippen LogP contribution in [0.25, 0.3) is 10.2 Å². The van der Waals surface area contributed by atoms with E-state index in [1.807, 2.05) is 0 Å². The molecular formula is C19H18F2N6O5S. The molecular weight excluding hydrogens is 462 g/mol. The van der Waals surface area contributed by atoms with Crippen LogP contribution in [0.5, 0.6) is 5.88 Å². The van der Waals surface area contributed by atoms with Gasteiger partial charge in [0.25, 0.3) is 12.3 Å². The van der Waals surface area contributed by atoms with Crippen LogP contribution in [0.1, 0.15) is 52.5 Å². The van der Waals surface area contributed by atoms with E-state index in [-0.39, 0.29) is 45.8 Å². The van der Waals surface area contributed by atoms with Gasteiger partial charge in [0.05, 0.1) is 24.3 Å². The Morgan fingerprint density at radius 1 is 1.45 bits per heavy atom. The van der Waals surface area contributed by atoms with Crippen LogP contribution in [0, 0.1) is 10.1 Å². The van der Waals surface area contributed by atoms with Crippen molar-refractivity contribution in [2.24, 2.45) is 5.73 Å². The van der Waals surface area contributed by atoms with Crippen LogP contribution in [0.2, 0.25) is 0 Å². The number of nitrogens with zero attached hydrogens (tertiary/aromatic N) is 4. The lowest BCUT2D eigenvalue weighted by atomic mass is 10.0. The molecule has 0 bridgehead atoms. The summed E-state index contributed by atoms with van der Waals surface area (Å²) in [5, 5.41) is 18.0. The molecule has 0 saturated heterocycles. The van der Waals surface area contributed by atoms with E-state index in [9.17, 15) is 28.5 Å². The van der Waals surface area contributed by atoms with Gasteiger partial charge in [0.15, 0.2) is 0 Å². The van der Waals surface area contributed by atoms with Crippen molar-refractivity contribution in [3.8, 4) is 5.88 Å². The third-order valence-electron chi connectivity index (χ3n) is 5.11. The fourth-order valence-corrected chi connectivity index (χ4v) is 4.49. The lowest BCUT2D eigenvalue weighted by Crippen LogP contribution is -2.18. The van der Waals surface area contributed by atoms with Crippen LogP contribution in [0.4, 0.5) is 20.2 Å². The molecule has 0 spiro atoms. The van der Waals surface area contributed by atoms with Gasteiger partial charge in [-0.15, -0.1) is 16.4 Å². The Balaban J connectivity index is 1.62. The highest BCUT2D eigenvalue weighted by Gasteiger charge is 2.31. The number of alkyl halides is 2. The summed E-state index contributed by atoms with van der Waals surface area (Å²) >= 11 is 0.848. The number of carbonyl (C=O) groups excluding carboxylic acids is 2. The van der Waals surface area contributed by atoms with E-state index < -0.39 is 28.9 Å². The van der Waals surface area contributed by atoms with E-state index in [4.69, 9.17) is 10.5 Å². The molecule has 1 aliphatic rings. The van der Waals surface area contributed by atoms with Gasteiger partial charge in [0, 0.05) is 11.8 Å². The SMILES string of the molecule is COc1nn(CCC(=O)Nc2c(C(N)=O)sc3nc(C(F)F)cc(C4CC4)c23)cc1[N+](=O)[O-]. The van der Waals surface area contributed by atoms with Crippen molar-refractivity contribution in [1.29, 1.82) is 0 Å². The zero-order valence-corrected chi connectivity index (χ0v) is 18.0. The van der Waals surface area contributed by atoms with Crippen molar-refractivity contribution in [2.75, 3.05) is 12.4 Å². The zero-order valence-electron chi connectivity index (χ0n) is 17.2. The first-order valence-electron chi connectivity index (χ1n) is 9.80. The minimum Gasteiger partial charge on any atom is -0.475 e. The molecule has 3 N–H and O–H groups in total. The van der Waals surface area contributed by atoms with Crippen molar-refractivity contribution in [2.45, 2.75) is 38.2 Å². The first-order valence-corrected chi connectivity index (χ1v) is 10.6. The van der Waals surface area contributed by atoms with E-state index >= 15 is 0 Å². The van der Waals surface area contributed by atoms with Gasteiger partial charge in [0.1, 0.15) is 21.6 Å². The Morgan fingerprint density at radius 2 is 2.18 bits per heavy atom. The Labute approximate surface area is 188 Å². The number of ether oxygens (including phenoxy) is 1. The van der Waals surface area contributed by atoms with Crippen molar-refractivity contribution >= 4 is 44.7 Å². The summed E-state index contributed by atoms with van der Waals surface area (Å²) in [7, 11) is 1.24. The molecule has 3 aromatic rings. The van der Waals surface area contributed by atoms with Crippen LogP contribution in [-0.2, 0) is 11.3 Å². The van der Waals surface area contributed by atoms with E-state index in [0.29, 0.717) is 10.9 Å². The number of fused-ring (bicyclic) bond motifs is 1. The molecule has 1 aliphatic carbocycles. The number of nitro groups is 1. The second kappa shape index (κ2) is 8.69. The third-order valence-corrected chi connectivity index (χ3v) is 6.21. The van der Waals surface area contributed by atoms with Gasteiger partial charge in [-0.25, -0.2) is 13.8 Å². The maximum absolute atomic E-state index is 13.3. The molecule has 33 heavy (non-hydrogen) atoms. The summed E-state index contributed by atoms with van der Waals surface area (Å²) in [4.78, 5) is 39.2. The fourth-order valence-electron chi connectivity index (χ4n) is 3.46. The van der Waals surface area contributed by atoms with Gasteiger partial charge < -0.3 is 15.8 Å². The standard InChI is InChI=1S/C19H18F2N6O5S/c1-32-18-11(27(30)31)7-26(25-18)5-4-12(28)24-14-13-9(8-2-3-8)6-10(16(20)21)23-19(13)33-15(14)17(22)29/h6-8,16H,2-5H2,1H3,(H2,22,29)(H,24,28). The van der Waals surface area contributed by atoms with Crippen molar-refractivity contribution in [3.63, 3.8) is 0 Å². The van der Waals surface area contributed by atoms with Crippen LogP contribution in [-0.4, -0.2) is 38.6 Å². The molecule has 4 rings (SSSR count). The van der Waals surface area contributed by atoms with Gasteiger partial charge in [0.2, 0.25) is 5.91 Å². The number of methoxy groups -OCH3 is 1. The number of primary amides is 1. The van der Waals surface area contributed by atoms with Crippen LogP contribution in [0.15, 0.2) is 12.3 Å². The number of aromatic nitrogens is 3. The number of pyridine rings is 1. The number of nitrogens with two attached hydrogens (primary N) is 1. The van der Waals surface area contributed by atoms with Gasteiger partial charge in [-0.2, -0.15) is 0 Å². The summed E-state index contributed by atoms with van der Waals surface area (Å²) in [5.74, 6) is -1.48. The van der Waals surface area contributed by atoms with Crippen molar-refractivity contribution in [1.82, 2.24) is 14.8 Å². The molecule has 0 radical (unpaired) electrons. The summed E-state index contributed by atoms with van der Waals surface area (Å²) in [5.41, 5.74) is 5.48. The van der Waals surface area contributed by atoms with Crippen molar-refractivity contribution < 1.29 is 28.0 Å². The lowest BCUT2D eigenvalue weighted by Gasteiger charge is -2.10. The topological polar surface area (TPSA) is 155 Å². The normalized spacial score (nSPS) is 13.5. The molecule has 3 heterocycles. The Bertz CT molecular complexity index is 1270. The predicted octanol–water partition coefficient (Wildman–Crippen LogP) is 3.35. The van der Waals surface area contributed by atoms with Crippen LogP contribution < -0.4 is 15.8 Å². The molecule has 0 aliphatic heterocycles. The van der Waals surface area contributed by atoms with Crippen LogP contribution in [0.3, 0.4) is 0 Å². The summed E-state index contributed by atoms with van der Waals surface area (Å²) in [6, 6.07) is 1.31. The zero-order chi connectivity index (χ0) is 23.9. The Kier molecular flexibility index (Phi) is 5.93.